The van der Waals surface area contributed by atoms with Crippen LogP contribution in [0.3, 0.4) is 0 Å². The van der Waals surface area contributed by atoms with Gasteiger partial charge in [-0.25, -0.2) is 5.01 Å². The predicted molar refractivity (Wildman–Crippen MR) is 118 cm³/mol. The fourth-order valence-electron chi connectivity index (χ4n) is 3.37. The SMILES string of the molecule is COc1cc(C=CC(=O)NN2CCN(c3ccc(C)c(C)c3)CC2)cc(OC)c1O. The van der Waals surface area contributed by atoms with Gasteiger partial charge < -0.3 is 19.5 Å². The second-order valence-corrected chi connectivity index (χ2v) is 7.33. The van der Waals surface area contributed by atoms with Crippen molar-refractivity contribution in [2.75, 3.05) is 45.3 Å². The molecule has 0 aromatic heterocycles. The molecule has 1 aliphatic heterocycles. The Morgan fingerprint density at radius 2 is 1.63 bits per heavy atom. The van der Waals surface area contributed by atoms with E-state index in [4.69, 9.17) is 9.47 Å². The normalized spacial score (nSPS) is 14.7. The molecule has 3 rings (SSSR count). The highest BCUT2D eigenvalue weighted by molar-refractivity contribution is 5.91. The topological polar surface area (TPSA) is 74.3 Å². The van der Waals surface area contributed by atoms with Gasteiger partial charge in [-0.2, -0.15) is 0 Å². The number of ether oxygens (including phenoxy) is 2. The summed E-state index contributed by atoms with van der Waals surface area (Å²) in [5, 5.41) is 11.9. The van der Waals surface area contributed by atoms with Crippen LogP contribution in [0.4, 0.5) is 5.69 Å². The molecule has 1 aliphatic rings. The average Bonchev–Trinajstić information content (AvgIpc) is 2.75. The first-order valence-corrected chi connectivity index (χ1v) is 9.92. The first-order valence-electron chi connectivity index (χ1n) is 9.92. The number of hydrogen-bond acceptors (Lipinski definition) is 6. The van der Waals surface area contributed by atoms with E-state index in [2.05, 4.69) is 42.4 Å². The van der Waals surface area contributed by atoms with Crippen molar-refractivity contribution in [1.82, 2.24) is 10.4 Å². The number of aromatic hydroxyl groups is 1. The van der Waals surface area contributed by atoms with Gasteiger partial charge in [-0.15, -0.1) is 0 Å². The number of nitrogens with zero attached hydrogens (tertiary/aromatic N) is 2. The van der Waals surface area contributed by atoms with E-state index >= 15 is 0 Å². The van der Waals surface area contributed by atoms with Crippen molar-refractivity contribution in [3.63, 3.8) is 0 Å². The smallest absolute Gasteiger partial charge is 0.258 e. The Morgan fingerprint density at radius 1 is 1.00 bits per heavy atom. The molecule has 0 radical (unpaired) electrons. The van der Waals surface area contributed by atoms with Gasteiger partial charge in [-0.3, -0.25) is 10.2 Å². The third-order valence-corrected chi connectivity index (χ3v) is 5.33. The quantitative estimate of drug-likeness (QED) is 0.712. The van der Waals surface area contributed by atoms with Gasteiger partial charge in [0, 0.05) is 37.9 Å². The highest BCUT2D eigenvalue weighted by Gasteiger charge is 2.18. The van der Waals surface area contributed by atoms with Crippen LogP contribution in [0.25, 0.3) is 6.08 Å². The maximum Gasteiger partial charge on any atom is 0.258 e. The second kappa shape index (κ2) is 9.54. The number of hydrogen-bond donors (Lipinski definition) is 2. The number of carbonyl (C=O) groups excluding carboxylic acids is 1. The second-order valence-electron chi connectivity index (χ2n) is 7.33. The molecule has 2 aromatic rings. The number of phenols is 1. The molecule has 0 unspecified atom stereocenters. The number of piperazine rings is 1. The van der Waals surface area contributed by atoms with E-state index in [0.29, 0.717) is 5.56 Å². The molecule has 30 heavy (non-hydrogen) atoms. The minimum absolute atomic E-state index is 0.0664. The molecule has 1 saturated heterocycles. The molecule has 2 N–H and O–H groups in total. The fraction of sp³-hybridized carbons (Fsp3) is 0.348. The van der Waals surface area contributed by atoms with Crippen molar-refractivity contribution >= 4 is 17.7 Å². The van der Waals surface area contributed by atoms with E-state index in [9.17, 15) is 9.90 Å². The van der Waals surface area contributed by atoms with Gasteiger partial charge in [0.15, 0.2) is 11.5 Å². The number of amides is 1. The Bertz CT molecular complexity index is 909. The Morgan fingerprint density at radius 3 is 2.20 bits per heavy atom. The molecule has 0 aliphatic carbocycles. The molecule has 0 atom stereocenters. The molecule has 7 nitrogen and oxygen atoms in total. The van der Waals surface area contributed by atoms with Crippen LogP contribution in [0, 0.1) is 13.8 Å². The summed E-state index contributed by atoms with van der Waals surface area (Å²) in [6.45, 7) is 7.42. The highest BCUT2D eigenvalue weighted by atomic mass is 16.5. The molecule has 0 bridgehead atoms. The molecule has 7 heteroatoms. The lowest BCUT2D eigenvalue weighted by Gasteiger charge is -2.36. The largest absolute Gasteiger partial charge is 0.502 e. The van der Waals surface area contributed by atoms with Crippen LogP contribution in [0.2, 0.25) is 0 Å². The molecule has 0 saturated carbocycles. The Balaban J connectivity index is 1.55. The van der Waals surface area contributed by atoms with Crippen LogP contribution >= 0.6 is 0 Å². The molecule has 1 amide bonds. The summed E-state index contributed by atoms with van der Waals surface area (Å²) in [4.78, 5) is 14.7. The first-order chi connectivity index (χ1) is 14.4. The number of rotatable bonds is 6. The zero-order chi connectivity index (χ0) is 21.7. The van der Waals surface area contributed by atoms with Gasteiger partial charge in [0.2, 0.25) is 5.75 Å². The van der Waals surface area contributed by atoms with Crippen molar-refractivity contribution in [2.24, 2.45) is 0 Å². The standard InChI is InChI=1S/C23H29N3O4/c1-16-5-7-19(13-17(16)2)25-9-11-26(12-10-25)24-22(27)8-6-18-14-20(29-3)23(28)21(15-18)30-4/h5-8,13-15,28H,9-12H2,1-4H3,(H,24,27). The molecule has 2 aromatic carbocycles. The summed E-state index contributed by atoms with van der Waals surface area (Å²) in [5.41, 5.74) is 7.41. The van der Waals surface area contributed by atoms with Crippen LogP contribution < -0.4 is 19.8 Å². The van der Waals surface area contributed by atoms with E-state index < -0.39 is 0 Å². The number of carbonyl (C=O) groups is 1. The lowest BCUT2D eigenvalue weighted by atomic mass is 10.1. The number of methoxy groups -OCH3 is 2. The van der Waals surface area contributed by atoms with Gasteiger partial charge in [0.25, 0.3) is 5.91 Å². The molecule has 160 valence electrons. The first kappa shape index (κ1) is 21.5. The fourth-order valence-corrected chi connectivity index (χ4v) is 3.37. The lowest BCUT2D eigenvalue weighted by molar-refractivity contribution is -0.121. The summed E-state index contributed by atoms with van der Waals surface area (Å²) in [5.74, 6) is 0.303. The van der Waals surface area contributed by atoms with E-state index in [-0.39, 0.29) is 23.2 Å². The predicted octanol–water partition coefficient (Wildman–Crippen LogP) is 2.89. The maximum absolute atomic E-state index is 12.3. The summed E-state index contributed by atoms with van der Waals surface area (Å²) < 4.78 is 10.3. The average molecular weight is 412 g/mol. The number of phenolic OH excluding ortho intramolecular Hbond substituents is 1. The molecular formula is C23H29N3O4. The van der Waals surface area contributed by atoms with E-state index in [1.165, 1.54) is 37.1 Å². The van der Waals surface area contributed by atoms with Gasteiger partial charge in [-0.1, -0.05) is 6.07 Å². The summed E-state index contributed by atoms with van der Waals surface area (Å²) in [6.07, 6.45) is 3.12. The van der Waals surface area contributed by atoms with Crippen molar-refractivity contribution in [2.45, 2.75) is 13.8 Å². The summed E-state index contributed by atoms with van der Waals surface area (Å²) >= 11 is 0. The molecule has 1 fully saturated rings. The number of anilines is 1. The van der Waals surface area contributed by atoms with Crippen molar-refractivity contribution in [1.29, 1.82) is 0 Å². The monoisotopic (exact) mass is 411 g/mol. The van der Waals surface area contributed by atoms with E-state index in [1.807, 2.05) is 5.01 Å². The number of hydrazine groups is 1. The van der Waals surface area contributed by atoms with Crippen LogP contribution in [-0.2, 0) is 4.79 Å². The highest BCUT2D eigenvalue weighted by Crippen LogP contribution is 2.37. The van der Waals surface area contributed by atoms with E-state index in [0.717, 1.165) is 26.2 Å². The van der Waals surface area contributed by atoms with Crippen LogP contribution in [0.1, 0.15) is 16.7 Å². The van der Waals surface area contributed by atoms with Crippen LogP contribution in [0.5, 0.6) is 17.2 Å². The van der Waals surface area contributed by atoms with E-state index in [1.54, 1.807) is 18.2 Å². The third kappa shape index (κ3) is 5.04. The van der Waals surface area contributed by atoms with Crippen LogP contribution in [-0.4, -0.2) is 56.4 Å². The Kier molecular flexibility index (Phi) is 6.84. The third-order valence-electron chi connectivity index (χ3n) is 5.33. The van der Waals surface area contributed by atoms with Gasteiger partial charge >= 0.3 is 0 Å². The maximum atomic E-state index is 12.3. The van der Waals surface area contributed by atoms with Crippen molar-refractivity contribution < 1.29 is 19.4 Å². The van der Waals surface area contributed by atoms with Crippen molar-refractivity contribution in [3.8, 4) is 17.2 Å². The van der Waals surface area contributed by atoms with Crippen LogP contribution in [0.15, 0.2) is 36.4 Å². The van der Waals surface area contributed by atoms with Gasteiger partial charge in [-0.05, 0) is 60.9 Å². The zero-order valence-electron chi connectivity index (χ0n) is 17.9. The molecule has 0 spiro atoms. The van der Waals surface area contributed by atoms with Crippen molar-refractivity contribution in [3.05, 3.63) is 53.1 Å². The minimum atomic E-state index is -0.208. The van der Waals surface area contributed by atoms with Gasteiger partial charge in [0.1, 0.15) is 0 Å². The Labute approximate surface area is 177 Å². The zero-order valence-corrected chi connectivity index (χ0v) is 17.9. The van der Waals surface area contributed by atoms with Gasteiger partial charge in [0.05, 0.1) is 14.2 Å². The Hall–Kier alpha value is -3.19. The number of aryl methyl sites for hydroxylation is 2. The number of benzene rings is 2. The molecular weight excluding hydrogens is 382 g/mol. The number of nitrogens with one attached hydrogen (secondary N) is 1. The summed E-state index contributed by atoms with van der Waals surface area (Å²) in [6, 6.07) is 9.80. The molecule has 1 heterocycles. The lowest BCUT2D eigenvalue weighted by Crippen LogP contribution is -2.53. The minimum Gasteiger partial charge on any atom is -0.502 e. The summed E-state index contributed by atoms with van der Waals surface area (Å²) in [7, 11) is 2.93.